The average molecular weight is 280 g/mol. The van der Waals surface area contributed by atoms with E-state index in [2.05, 4.69) is 15.9 Å². The van der Waals surface area contributed by atoms with Crippen molar-refractivity contribution in [1.29, 1.82) is 0 Å². The molecule has 0 fully saturated rings. The van der Waals surface area contributed by atoms with Gasteiger partial charge < -0.3 is 0 Å². The number of halogens is 1. The van der Waals surface area contributed by atoms with Crippen LogP contribution in [0.3, 0.4) is 0 Å². The number of anilines is 1. The number of nitrogens with zero attached hydrogens (tertiary/aromatic N) is 1. The van der Waals surface area contributed by atoms with Gasteiger partial charge in [-0.15, -0.1) is 0 Å². The second kappa shape index (κ2) is 3.87. The Bertz CT molecular complexity index is 478. The van der Waals surface area contributed by atoms with Crippen LogP contribution in [0.2, 0.25) is 0 Å². The number of hydrogen-bond donors (Lipinski definition) is 0. The van der Waals surface area contributed by atoms with E-state index in [0.29, 0.717) is 16.8 Å². The summed E-state index contributed by atoms with van der Waals surface area (Å²) in [6.07, 6.45) is 0. The Hall–Kier alpha value is -1.42. The van der Waals surface area contributed by atoms with Crippen LogP contribution in [0.4, 0.5) is 5.69 Å². The van der Waals surface area contributed by atoms with Crippen molar-refractivity contribution < 1.29 is 9.59 Å². The summed E-state index contributed by atoms with van der Waals surface area (Å²) in [5.41, 5.74) is 1.65. The first-order valence-corrected chi connectivity index (χ1v) is 5.63. The lowest BCUT2D eigenvalue weighted by atomic mass is 10.2. The Balaban J connectivity index is 2.42. The van der Waals surface area contributed by atoms with Crippen molar-refractivity contribution in [2.75, 3.05) is 4.90 Å². The van der Waals surface area contributed by atoms with E-state index < -0.39 is 0 Å². The summed E-state index contributed by atoms with van der Waals surface area (Å²) in [7, 11) is 0. The zero-order chi connectivity index (χ0) is 11.9. The molecule has 0 bridgehead atoms. The topological polar surface area (TPSA) is 37.4 Å². The lowest BCUT2D eigenvalue weighted by Crippen LogP contribution is -2.31. The molecule has 0 aliphatic carbocycles. The van der Waals surface area contributed by atoms with Gasteiger partial charge in [-0.1, -0.05) is 15.9 Å². The fraction of sp³-hybridized carbons (Fsp3) is 0.167. The molecule has 3 nitrogen and oxygen atoms in total. The van der Waals surface area contributed by atoms with E-state index >= 15 is 0 Å². The van der Waals surface area contributed by atoms with Crippen LogP contribution in [0.1, 0.15) is 13.8 Å². The first-order valence-electron chi connectivity index (χ1n) is 4.84. The molecule has 0 unspecified atom stereocenters. The third-order valence-corrected chi connectivity index (χ3v) is 3.22. The molecule has 2 amide bonds. The predicted octanol–water partition coefficient (Wildman–Crippen LogP) is 2.66. The summed E-state index contributed by atoms with van der Waals surface area (Å²) < 4.78 is 0.914. The van der Waals surface area contributed by atoms with E-state index in [1.54, 1.807) is 38.1 Å². The number of benzene rings is 1. The minimum absolute atomic E-state index is 0.232. The van der Waals surface area contributed by atoms with Gasteiger partial charge in [0.25, 0.3) is 11.8 Å². The molecular weight excluding hydrogens is 270 g/mol. The van der Waals surface area contributed by atoms with E-state index in [9.17, 15) is 9.59 Å². The predicted molar refractivity (Wildman–Crippen MR) is 65.0 cm³/mol. The first kappa shape index (κ1) is 11.1. The molecule has 82 valence electrons. The molecule has 1 aliphatic rings. The minimum atomic E-state index is -0.232. The standard InChI is InChI=1S/C12H10BrNO2/c1-7-8(2)12(16)14(11(7)15)10-5-3-9(13)4-6-10/h3-6H,1-2H3. The van der Waals surface area contributed by atoms with E-state index in [4.69, 9.17) is 0 Å². The molecule has 1 aliphatic heterocycles. The second-order valence-corrected chi connectivity index (χ2v) is 4.59. The molecule has 1 aromatic rings. The maximum atomic E-state index is 11.8. The zero-order valence-corrected chi connectivity index (χ0v) is 10.5. The second-order valence-electron chi connectivity index (χ2n) is 3.67. The van der Waals surface area contributed by atoms with Crippen LogP contribution >= 0.6 is 15.9 Å². The monoisotopic (exact) mass is 279 g/mol. The largest absolute Gasteiger partial charge is 0.269 e. The molecule has 0 aromatic heterocycles. The number of rotatable bonds is 1. The van der Waals surface area contributed by atoms with Crippen LogP contribution in [0, 0.1) is 0 Å². The molecular formula is C12H10BrNO2. The highest BCUT2D eigenvalue weighted by Crippen LogP contribution is 2.27. The summed E-state index contributed by atoms with van der Waals surface area (Å²) in [5.74, 6) is -0.463. The van der Waals surface area contributed by atoms with Crippen molar-refractivity contribution in [3.05, 3.63) is 39.9 Å². The number of amides is 2. The van der Waals surface area contributed by atoms with Crippen molar-refractivity contribution in [2.24, 2.45) is 0 Å². The molecule has 0 N–H and O–H groups in total. The Kier molecular flexibility index (Phi) is 2.68. The van der Waals surface area contributed by atoms with Crippen LogP contribution in [0.15, 0.2) is 39.9 Å². The Morgan fingerprint density at radius 1 is 0.938 bits per heavy atom. The average Bonchev–Trinajstić information content (AvgIpc) is 2.46. The van der Waals surface area contributed by atoms with Gasteiger partial charge in [-0.3, -0.25) is 9.59 Å². The van der Waals surface area contributed by atoms with E-state index in [0.717, 1.165) is 4.47 Å². The lowest BCUT2D eigenvalue weighted by Gasteiger charge is -2.14. The number of carbonyl (C=O) groups excluding carboxylic acids is 2. The Morgan fingerprint density at radius 2 is 1.38 bits per heavy atom. The quantitative estimate of drug-likeness (QED) is 0.742. The van der Waals surface area contributed by atoms with Crippen molar-refractivity contribution in [1.82, 2.24) is 0 Å². The van der Waals surface area contributed by atoms with Crippen LogP contribution < -0.4 is 4.90 Å². The van der Waals surface area contributed by atoms with Crippen LogP contribution in [0.5, 0.6) is 0 Å². The van der Waals surface area contributed by atoms with E-state index in [-0.39, 0.29) is 11.8 Å². The van der Waals surface area contributed by atoms with Crippen LogP contribution in [-0.4, -0.2) is 11.8 Å². The lowest BCUT2D eigenvalue weighted by molar-refractivity contribution is -0.120. The van der Waals surface area contributed by atoms with Gasteiger partial charge in [-0.25, -0.2) is 4.90 Å². The molecule has 0 saturated carbocycles. The maximum Gasteiger partial charge on any atom is 0.261 e. The van der Waals surface area contributed by atoms with Crippen molar-refractivity contribution in [2.45, 2.75) is 13.8 Å². The molecule has 2 rings (SSSR count). The van der Waals surface area contributed by atoms with Gasteiger partial charge in [-0.05, 0) is 38.1 Å². The summed E-state index contributed by atoms with van der Waals surface area (Å²) in [6.45, 7) is 3.35. The third-order valence-electron chi connectivity index (χ3n) is 2.70. The fourth-order valence-corrected chi connectivity index (χ4v) is 1.84. The molecule has 16 heavy (non-hydrogen) atoms. The van der Waals surface area contributed by atoms with Crippen LogP contribution in [-0.2, 0) is 9.59 Å². The molecule has 0 saturated heterocycles. The van der Waals surface area contributed by atoms with Gasteiger partial charge in [0.1, 0.15) is 0 Å². The van der Waals surface area contributed by atoms with Crippen molar-refractivity contribution >= 4 is 33.4 Å². The van der Waals surface area contributed by atoms with Gasteiger partial charge in [0.2, 0.25) is 0 Å². The Labute approximate surface area is 102 Å². The SMILES string of the molecule is CC1=C(C)C(=O)N(c2ccc(Br)cc2)C1=O. The highest BCUT2D eigenvalue weighted by Gasteiger charge is 2.34. The van der Waals surface area contributed by atoms with Gasteiger partial charge in [0.05, 0.1) is 5.69 Å². The molecule has 1 heterocycles. The highest BCUT2D eigenvalue weighted by molar-refractivity contribution is 9.10. The first-order chi connectivity index (χ1) is 7.52. The van der Waals surface area contributed by atoms with E-state index in [1.807, 2.05) is 0 Å². The van der Waals surface area contributed by atoms with Gasteiger partial charge in [0.15, 0.2) is 0 Å². The van der Waals surface area contributed by atoms with Crippen molar-refractivity contribution in [3.63, 3.8) is 0 Å². The summed E-state index contributed by atoms with van der Waals surface area (Å²) in [6, 6.07) is 7.09. The third kappa shape index (κ3) is 1.59. The number of carbonyl (C=O) groups is 2. The van der Waals surface area contributed by atoms with Crippen molar-refractivity contribution in [3.8, 4) is 0 Å². The Morgan fingerprint density at radius 3 is 1.81 bits per heavy atom. The van der Waals surface area contributed by atoms with Gasteiger partial charge >= 0.3 is 0 Å². The number of imide groups is 1. The molecule has 0 spiro atoms. The van der Waals surface area contributed by atoms with E-state index in [1.165, 1.54) is 4.90 Å². The summed E-state index contributed by atoms with van der Waals surface area (Å²) in [4.78, 5) is 24.9. The van der Waals surface area contributed by atoms with Gasteiger partial charge in [0, 0.05) is 15.6 Å². The van der Waals surface area contributed by atoms with Gasteiger partial charge in [-0.2, -0.15) is 0 Å². The molecule has 4 heteroatoms. The molecule has 1 aromatic carbocycles. The normalized spacial score (nSPS) is 16.3. The highest BCUT2D eigenvalue weighted by atomic mass is 79.9. The van der Waals surface area contributed by atoms with Crippen LogP contribution in [0.25, 0.3) is 0 Å². The maximum absolute atomic E-state index is 11.8. The summed E-state index contributed by atoms with van der Waals surface area (Å²) in [5, 5.41) is 0. The molecule has 0 radical (unpaired) electrons. The smallest absolute Gasteiger partial charge is 0.261 e. The number of hydrogen-bond acceptors (Lipinski definition) is 2. The minimum Gasteiger partial charge on any atom is -0.269 e. The zero-order valence-electron chi connectivity index (χ0n) is 8.95. The fourth-order valence-electron chi connectivity index (χ4n) is 1.57. The molecule has 0 atom stereocenters. The summed E-state index contributed by atoms with van der Waals surface area (Å²) >= 11 is 3.31.